The number of nitrogens with zero attached hydrogens (tertiary/aromatic N) is 2. The molecule has 0 radical (unpaired) electrons. The summed E-state index contributed by atoms with van der Waals surface area (Å²) < 4.78 is 28.3. The van der Waals surface area contributed by atoms with E-state index in [4.69, 9.17) is 0 Å². The van der Waals surface area contributed by atoms with Crippen LogP contribution < -0.4 is 15.5 Å². The Bertz CT molecular complexity index is 1130. The molecule has 1 aromatic carbocycles. The van der Waals surface area contributed by atoms with Crippen molar-refractivity contribution >= 4 is 17.7 Å². The summed E-state index contributed by atoms with van der Waals surface area (Å²) in [6.07, 6.45) is 3.81. The molecule has 1 saturated heterocycles. The number of halogens is 2. The molecule has 2 bridgehead atoms. The molecule has 1 aromatic heterocycles. The average molecular weight is 456 g/mol. The van der Waals surface area contributed by atoms with Gasteiger partial charge < -0.3 is 20.6 Å². The number of hydrogen-bond donors (Lipinski definition) is 3. The second kappa shape index (κ2) is 7.40. The highest BCUT2D eigenvalue weighted by Gasteiger charge is 2.57. The fourth-order valence-corrected chi connectivity index (χ4v) is 5.58. The molecule has 7 nitrogen and oxygen atoms in total. The molecule has 3 aliphatic carbocycles. The molecule has 3 saturated carbocycles. The van der Waals surface area contributed by atoms with E-state index >= 15 is 0 Å². The van der Waals surface area contributed by atoms with Crippen molar-refractivity contribution in [1.82, 2.24) is 15.6 Å². The lowest BCUT2D eigenvalue weighted by Crippen LogP contribution is -2.68. The lowest BCUT2D eigenvalue weighted by atomic mass is 9.50. The maximum Gasteiger partial charge on any atom is 0.405 e. The number of hydrogen-bond acceptors (Lipinski definition) is 4. The van der Waals surface area contributed by atoms with E-state index in [1.54, 1.807) is 13.8 Å². The van der Waals surface area contributed by atoms with E-state index in [0.717, 1.165) is 25.3 Å². The van der Waals surface area contributed by atoms with Crippen molar-refractivity contribution in [2.24, 2.45) is 5.92 Å². The van der Waals surface area contributed by atoms with Gasteiger partial charge in [-0.15, -0.1) is 0 Å². The number of pyridine rings is 1. The maximum absolute atomic E-state index is 14.1. The lowest BCUT2D eigenvalue weighted by molar-refractivity contribution is -0.0438. The largest absolute Gasteiger partial charge is 0.465 e. The van der Waals surface area contributed by atoms with Crippen LogP contribution in [-0.2, 0) is 0 Å². The molecule has 33 heavy (non-hydrogen) atoms. The third-order valence-corrected chi connectivity index (χ3v) is 7.25. The molecular formula is C24H26F2N4O3. The highest BCUT2D eigenvalue weighted by molar-refractivity contribution is 6.04. The SMILES string of the molecule is Cc1ncc(C(=O)NC23CC(C2)C3)c(N2CC[C@](C)(NC(=O)O)C2)c1-c1cc(F)cc(F)c1. The van der Waals surface area contributed by atoms with Crippen LogP contribution >= 0.6 is 0 Å². The van der Waals surface area contributed by atoms with Crippen molar-refractivity contribution < 1.29 is 23.5 Å². The quantitative estimate of drug-likeness (QED) is 0.635. The summed E-state index contributed by atoms with van der Waals surface area (Å²) in [6.45, 7) is 4.31. The molecule has 1 aliphatic heterocycles. The van der Waals surface area contributed by atoms with Gasteiger partial charge in [-0.1, -0.05) is 0 Å². The van der Waals surface area contributed by atoms with Gasteiger partial charge in [0.2, 0.25) is 0 Å². The zero-order valence-electron chi connectivity index (χ0n) is 18.5. The van der Waals surface area contributed by atoms with Gasteiger partial charge in [-0.3, -0.25) is 9.78 Å². The van der Waals surface area contributed by atoms with Crippen LogP contribution in [0.5, 0.6) is 0 Å². The molecule has 0 unspecified atom stereocenters. The highest BCUT2D eigenvalue weighted by Crippen LogP contribution is 2.57. The van der Waals surface area contributed by atoms with E-state index in [9.17, 15) is 23.5 Å². The number of benzene rings is 1. The van der Waals surface area contributed by atoms with E-state index in [2.05, 4.69) is 15.6 Å². The van der Waals surface area contributed by atoms with Gasteiger partial charge in [-0.05, 0) is 63.1 Å². The summed E-state index contributed by atoms with van der Waals surface area (Å²) in [7, 11) is 0. The van der Waals surface area contributed by atoms with Crippen LogP contribution in [0.3, 0.4) is 0 Å². The van der Waals surface area contributed by atoms with Gasteiger partial charge in [0.15, 0.2) is 0 Å². The van der Waals surface area contributed by atoms with E-state index in [0.29, 0.717) is 47.9 Å². The summed E-state index contributed by atoms with van der Waals surface area (Å²) in [6, 6.07) is 3.25. The molecule has 4 fully saturated rings. The summed E-state index contributed by atoms with van der Waals surface area (Å²) in [5.74, 6) is -1.03. The Morgan fingerprint density at radius 1 is 1.15 bits per heavy atom. The van der Waals surface area contributed by atoms with Gasteiger partial charge in [0.25, 0.3) is 5.91 Å². The van der Waals surface area contributed by atoms with Gasteiger partial charge in [0.05, 0.1) is 16.8 Å². The van der Waals surface area contributed by atoms with Crippen LogP contribution in [0.1, 0.15) is 48.7 Å². The topological polar surface area (TPSA) is 94.6 Å². The number of aryl methyl sites for hydroxylation is 1. The minimum atomic E-state index is -1.13. The number of carbonyl (C=O) groups is 2. The van der Waals surface area contributed by atoms with Gasteiger partial charge in [0, 0.05) is 42.1 Å². The second-order valence-electron chi connectivity index (χ2n) is 10.0. The molecule has 0 spiro atoms. The van der Waals surface area contributed by atoms with Crippen molar-refractivity contribution in [3.8, 4) is 11.1 Å². The summed E-state index contributed by atoms with van der Waals surface area (Å²) >= 11 is 0. The normalized spacial score (nSPS) is 27.5. The zero-order valence-corrected chi connectivity index (χ0v) is 18.5. The molecule has 4 aliphatic rings. The number of carbonyl (C=O) groups excluding carboxylic acids is 1. The Labute approximate surface area is 190 Å². The van der Waals surface area contributed by atoms with Gasteiger partial charge >= 0.3 is 6.09 Å². The van der Waals surface area contributed by atoms with Crippen molar-refractivity contribution in [3.63, 3.8) is 0 Å². The van der Waals surface area contributed by atoms with E-state index in [1.807, 2.05) is 4.90 Å². The fraction of sp³-hybridized carbons (Fsp3) is 0.458. The summed E-state index contributed by atoms with van der Waals surface area (Å²) in [5.41, 5.74) is 1.24. The van der Waals surface area contributed by atoms with Crippen molar-refractivity contribution in [2.75, 3.05) is 18.0 Å². The Kier molecular flexibility index (Phi) is 4.84. The molecule has 174 valence electrons. The Morgan fingerprint density at radius 2 is 1.82 bits per heavy atom. The predicted molar refractivity (Wildman–Crippen MR) is 118 cm³/mol. The van der Waals surface area contributed by atoms with E-state index < -0.39 is 23.3 Å². The standard InChI is InChI=1S/C24H26F2N4O3/c1-13-19(15-5-16(25)7-17(26)6-15)20(30-4-3-23(2,12-30)29-22(32)33)18(11-27-13)21(31)28-24-8-14(9-24)10-24/h5-7,11,14,29H,3-4,8-10,12H2,1-2H3,(H,28,31)(H,32,33)/t14?,23-,24?/m0/s1. The first-order chi connectivity index (χ1) is 15.6. The molecule has 2 amide bonds. The number of rotatable bonds is 5. The van der Waals surface area contributed by atoms with E-state index in [-0.39, 0.29) is 17.0 Å². The number of carboxylic acid groups (broad SMARTS) is 1. The summed E-state index contributed by atoms with van der Waals surface area (Å²) in [5, 5.41) is 15.0. The van der Waals surface area contributed by atoms with Crippen LogP contribution in [0.2, 0.25) is 0 Å². The first kappa shape index (κ1) is 21.6. The first-order valence-corrected chi connectivity index (χ1v) is 11.1. The third kappa shape index (κ3) is 3.79. The molecular weight excluding hydrogens is 430 g/mol. The van der Waals surface area contributed by atoms with Crippen LogP contribution in [0.15, 0.2) is 24.4 Å². The van der Waals surface area contributed by atoms with Crippen molar-refractivity contribution in [1.29, 1.82) is 0 Å². The van der Waals surface area contributed by atoms with Gasteiger partial charge in [-0.25, -0.2) is 13.6 Å². The minimum absolute atomic E-state index is 0.153. The predicted octanol–water partition coefficient (Wildman–Crippen LogP) is 3.85. The van der Waals surface area contributed by atoms with Crippen LogP contribution in [0.25, 0.3) is 11.1 Å². The monoisotopic (exact) mass is 456 g/mol. The molecule has 2 aromatic rings. The molecule has 6 rings (SSSR count). The van der Waals surface area contributed by atoms with Crippen LogP contribution in [0, 0.1) is 24.5 Å². The Hall–Kier alpha value is -3.23. The van der Waals surface area contributed by atoms with Gasteiger partial charge in [0.1, 0.15) is 11.6 Å². The lowest BCUT2D eigenvalue weighted by Gasteiger charge is -2.61. The first-order valence-electron chi connectivity index (χ1n) is 11.1. The van der Waals surface area contributed by atoms with Crippen molar-refractivity contribution in [2.45, 2.75) is 50.6 Å². The molecule has 3 N–H and O–H groups in total. The maximum atomic E-state index is 14.1. The Balaban J connectivity index is 1.60. The number of aromatic nitrogens is 1. The Morgan fingerprint density at radius 3 is 2.39 bits per heavy atom. The second-order valence-corrected chi connectivity index (χ2v) is 10.0. The van der Waals surface area contributed by atoms with Crippen LogP contribution in [0.4, 0.5) is 19.3 Å². The van der Waals surface area contributed by atoms with Crippen LogP contribution in [-0.4, -0.2) is 46.3 Å². The molecule has 2 heterocycles. The van der Waals surface area contributed by atoms with Gasteiger partial charge in [-0.2, -0.15) is 0 Å². The highest BCUT2D eigenvalue weighted by atomic mass is 19.1. The van der Waals surface area contributed by atoms with E-state index in [1.165, 1.54) is 18.3 Å². The minimum Gasteiger partial charge on any atom is -0.465 e. The molecule has 1 atom stereocenters. The number of amides is 2. The smallest absolute Gasteiger partial charge is 0.405 e. The fourth-order valence-electron chi connectivity index (χ4n) is 5.58. The summed E-state index contributed by atoms with van der Waals surface area (Å²) in [4.78, 5) is 31.0. The number of anilines is 1. The average Bonchev–Trinajstić information content (AvgIpc) is 3.02. The molecule has 9 heteroatoms. The zero-order chi connectivity index (χ0) is 23.5. The third-order valence-electron chi connectivity index (χ3n) is 7.25. The van der Waals surface area contributed by atoms with Crippen molar-refractivity contribution in [3.05, 3.63) is 47.3 Å². The number of nitrogens with one attached hydrogen (secondary N) is 2.